The summed E-state index contributed by atoms with van der Waals surface area (Å²) < 4.78 is 5.28. The van der Waals surface area contributed by atoms with Gasteiger partial charge in [-0.25, -0.2) is 0 Å². The minimum Gasteiger partial charge on any atom is -0.492 e. The van der Waals surface area contributed by atoms with Crippen molar-refractivity contribution >= 4 is 23.2 Å². The van der Waals surface area contributed by atoms with Gasteiger partial charge < -0.3 is 10.1 Å². The number of anilines is 1. The number of rotatable bonds is 4. The van der Waals surface area contributed by atoms with E-state index in [1.54, 1.807) is 18.2 Å². The van der Waals surface area contributed by atoms with Gasteiger partial charge in [-0.1, -0.05) is 11.6 Å². The van der Waals surface area contributed by atoms with E-state index in [9.17, 15) is 4.79 Å². The number of H-pyrrole nitrogens is 1. The normalized spacial score (nSPS) is 10.1. The van der Waals surface area contributed by atoms with Gasteiger partial charge in [0.05, 0.1) is 11.6 Å². The Morgan fingerprint density at radius 1 is 1.56 bits per heavy atom. The predicted molar refractivity (Wildman–Crippen MR) is 64.8 cm³/mol. The van der Waals surface area contributed by atoms with Gasteiger partial charge in [-0.3, -0.25) is 4.79 Å². The highest BCUT2D eigenvalue weighted by Crippen LogP contribution is 2.27. The molecule has 2 aromatic rings. The Labute approximate surface area is 107 Å². The fourth-order valence-electron chi connectivity index (χ4n) is 1.30. The molecule has 0 saturated carbocycles. The van der Waals surface area contributed by atoms with Gasteiger partial charge in [0.2, 0.25) is 0 Å². The van der Waals surface area contributed by atoms with Crippen LogP contribution in [-0.2, 0) is 0 Å². The third-order valence-corrected chi connectivity index (χ3v) is 2.33. The van der Waals surface area contributed by atoms with Gasteiger partial charge in [-0.15, -0.1) is 10.2 Å². The first-order chi connectivity index (χ1) is 8.70. The second kappa shape index (κ2) is 5.46. The number of halogens is 1. The van der Waals surface area contributed by atoms with Crippen LogP contribution in [0.1, 0.15) is 17.5 Å². The Morgan fingerprint density at radius 2 is 2.39 bits per heavy atom. The van der Waals surface area contributed by atoms with Crippen LogP contribution < -0.4 is 10.1 Å². The second-order valence-corrected chi connectivity index (χ2v) is 3.67. The zero-order valence-corrected chi connectivity index (χ0v) is 10.2. The van der Waals surface area contributed by atoms with Crippen LogP contribution in [0.15, 0.2) is 18.2 Å². The lowest BCUT2D eigenvalue weighted by molar-refractivity contribution is 0.101. The van der Waals surface area contributed by atoms with E-state index in [-0.39, 0.29) is 5.82 Å². The van der Waals surface area contributed by atoms with Gasteiger partial charge in [-0.2, -0.15) is 5.21 Å². The maximum atomic E-state index is 11.6. The molecule has 2 N–H and O–H groups in total. The van der Waals surface area contributed by atoms with E-state index < -0.39 is 5.91 Å². The van der Waals surface area contributed by atoms with Crippen molar-refractivity contribution in [2.75, 3.05) is 11.9 Å². The average molecular weight is 268 g/mol. The van der Waals surface area contributed by atoms with E-state index >= 15 is 0 Å². The number of carbonyl (C=O) groups excluding carboxylic acids is 1. The van der Waals surface area contributed by atoms with Crippen LogP contribution in [0.25, 0.3) is 0 Å². The van der Waals surface area contributed by atoms with Crippen LogP contribution in [0.4, 0.5) is 5.69 Å². The number of ether oxygens (including phenoxy) is 1. The predicted octanol–water partition coefficient (Wildman–Crippen LogP) is 1.50. The van der Waals surface area contributed by atoms with Crippen molar-refractivity contribution in [3.8, 4) is 5.75 Å². The summed E-state index contributed by atoms with van der Waals surface area (Å²) in [5.41, 5.74) is 0.526. The molecular weight excluding hydrogens is 258 g/mol. The lowest BCUT2D eigenvalue weighted by Crippen LogP contribution is -2.13. The number of hydrogen-bond donors (Lipinski definition) is 2. The van der Waals surface area contributed by atoms with Gasteiger partial charge >= 0.3 is 0 Å². The highest BCUT2D eigenvalue weighted by molar-refractivity contribution is 6.32. The molecule has 0 spiro atoms. The molecule has 1 amide bonds. The van der Waals surface area contributed by atoms with E-state index in [2.05, 4.69) is 25.9 Å². The zero-order valence-electron chi connectivity index (χ0n) is 9.48. The molecule has 0 fully saturated rings. The molecule has 8 heteroatoms. The second-order valence-electron chi connectivity index (χ2n) is 3.27. The maximum absolute atomic E-state index is 11.6. The summed E-state index contributed by atoms with van der Waals surface area (Å²) in [4.78, 5) is 11.6. The molecule has 0 saturated heterocycles. The molecule has 0 unspecified atom stereocenters. The molecule has 1 heterocycles. The molecule has 94 valence electrons. The average Bonchev–Trinajstić information content (AvgIpc) is 2.86. The van der Waals surface area contributed by atoms with Crippen molar-refractivity contribution in [3.63, 3.8) is 0 Å². The van der Waals surface area contributed by atoms with Crippen LogP contribution in [0, 0.1) is 0 Å². The van der Waals surface area contributed by atoms with E-state index in [0.29, 0.717) is 23.1 Å². The third kappa shape index (κ3) is 2.75. The number of benzene rings is 1. The highest BCUT2D eigenvalue weighted by Gasteiger charge is 2.11. The number of aromatic amines is 1. The molecule has 1 aromatic carbocycles. The van der Waals surface area contributed by atoms with Gasteiger partial charge in [0.15, 0.2) is 0 Å². The number of amides is 1. The number of nitrogens with zero attached hydrogens (tertiary/aromatic N) is 3. The number of nitrogens with one attached hydrogen (secondary N) is 2. The van der Waals surface area contributed by atoms with E-state index in [1.807, 2.05) is 6.92 Å². The molecule has 0 aliphatic rings. The van der Waals surface area contributed by atoms with Crippen LogP contribution in [0.3, 0.4) is 0 Å². The van der Waals surface area contributed by atoms with Crippen molar-refractivity contribution in [2.45, 2.75) is 6.92 Å². The number of tetrazole rings is 1. The van der Waals surface area contributed by atoms with Gasteiger partial charge in [0.25, 0.3) is 11.7 Å². The topological polar surface area (TPSA) is 92.8 Å². The van der Waals surface area contributed by atoms with Gasteiger partial charge in [0.1, 0.15) is 5.75 Å². The summed E-state index contributed by atoms with van der Waals surface area (Å²) in [7, 11) is 0. The first kappa shape index (κ1) is 12.3. The van der Waals surface area contributed by atoms with Crippen molar-refractivity contribution in [3.05, 3.63) is 29.0 Å². The summed E-state index contributed by atoms with van der Waals surface area (Å²) >= 11 is 5.99. The Morgan fingerprint density at radius 3 is 3.00 bits per heavy atom. The standard InChI is InChI=1S/C10H10ClN5O2/c1-2-18-8-4-3-6(5-7(8)11)12-10(17)9-13-15-16-14-9/h3-5H,2H2,1H3,(H,12,17)(H,13,14,15,16). The van der Waals surface area contributed by atoms with Crippen molar-refractivity contribution in [2.24, 2.45) is 0 Å². The quantitative estimate of drug-likeness (QED) is 0.876. The Balaban J connectivity index is 2.11. The first-order valence-electron chi connectivity index (χ1n) is 5.18. The van der Waals surface area contributed by atoms with E-state index in [1.165, 1.54) is 0 Å². The highest BCUT2D eigenvalue weighted by atomic mass is 35.5. The molecule has 1 aromatic heterocycles. The Kier molecular flexibility index (Phi) is 3.73. The zero-order chi connectivity index (χ0) is 13.0. The summed E-state index contributed by atoms with van der Waals surface area (Å²) in [5, 5.41) is 15.6. The first-order valence-corrected chi connectivity index (χ1v) is 5.55. The Hall–Kier alpha value is -2.15. The molecule has 0 aliphatic carbocycles. The number of aromatic nitrogens is 4. The lowest BCUT2D eigenvalue weighted by atomic mass is 10.3. The monoisotopic (exact) mass is 267 g/mol. The summed E-state index contributed by atoms with van der Waals surface area (Å²) in [6, 6.07) is 4.94. The molecular formula is C10H10ClN5O2. The SMILES string of the molecule is CCOc1ccc(NC(=O)c2nn[nH]n2)cc1Cl. The van der Waals surface area contributed by atoms with Crippen molar-refractivity contribution in [1.82, 2.24) is 20.6 Å². The third-order valence-electron chi connectivity index (χ3n) is 2.04. The van der Waals surface area contributed by atoms with Crippen LogP contribution in [0.2, 0.25) is 5.02 Å². The molecule has 0 atom stereocenters. The minimum absolute atomic E-state index is 0.0417. The van der Waals surface area contributed by atoms with E-state index in [0.717, 1.165) is 0 Å². The van der Waals surface area contributed by atoms with Crippen molar-refractivity contribution < 1.29 is 9.53 Å². The van der Waals surface area contributed by atoms with Crippen LogP contribution >= 0.6 is 11.6 Å². The van der Waals surface area contributed by atoms with Crippen LogP contribution in [-0.4, -0.2) is 33.1 Å². The van der Waals surface area contributed by atoms with Gasteiger partial charge in [0, 0.05) is 5.69 Å². The molecule has 0 radical (unpaired) electrons. The number of carbonyl (C=O) groups is 1. The fourth-order valence-corrected chi connectivity index (χ4v) is 1.53. The summed E-state index contributed by atoms with van der Waals surface area (Å²) in [5.74, 6) is 0.0562. The van der Waals surface area contributed by atoms with E-state index in [4.69, 9.17) is 16.3 Å². The number of hydrogen-bond acceptors (Lipinski definition) is 5. The van der Waals surface area contributed by atoms with Gasteiger partial charge in [-0.05, 0) is 30.3 Å². The summed E-state index contributed by atoms with van der Waals surface area (Å²) in [6.45, 7) is 2.39. The smallest absolute Gasteiger partial charge is 0.297 e. The van der Waals surface area contributed by atoms with Crippen LogP contribution in [0.5, 0.6) is 5.75 Å². The molecule has 2 rings (SSSR count). The molecule has 7 nitrogen and oxygen atoms in total. The molecule has 0 aliphatic heterocycles. The largest absolute Gasteiger partial charge is 0.492 e. The Bertz CT molecular complexity index is 543. The van der Waals surface area contributed by atoms with Crippen molar-refractivity contribution in [1.29, 1.82) is 0 Å². The molecule has 0 bridgehead atoms. The molecule has 18 heavy (non-hydrogen) atoms. The summed E-state index contributed by atoms with van der Waals surface area (Å²) in [6.07, 6.45) is 0. The maximum Gasteiger partial charge on any atom is 0.297 e. The minimum atomic E-state index is -0.469. The lowest BCUT2D eigenvalue weighted by Gasteiger charge is -2.07. The fraction of sp³-hybridized carbons (Fsp3) is 0.200.